The molecule has 40 heavy (non-hydrogen) atoms. The van der Waals surface area contributed by atoms with E-state index >= 15 is 0 Å². The van der Waals surface area contributed by atoms with E-state index in [4.69, 9.17) is 9.47 Å². The highest BCUT2D eigenvalue weighted by Crippen LogP contribution is 2.65. The molecular weight excluding hydrogens is 524 g/mol. The number of benzene rings is 2. The summed E-state index contributed by atoms with van der Waals surface area (Å²) in [5.74, 6) is 0.837. The topological polar surface area (TPSA) is 84.9 Å². The number of ether oxygens (including phenoxy) is 2. The van der Waals surface area contributed by atoms with E-state index in [1.807, 2.05) is 42.5 Å². The molecule has 0 radical (unpaired) electrons. The van der Waals surface area contributed by atoms with Crippen LogP contribution in [0.4, 0.5) is 0 Å². The molecule has 2 bridgehead atoms. The Labute approximate surface area is 238 Å². The van der Waals surface area contributed by atoms with Crippen molar-refractivity contribution in [2.75, 3.05) is 13.1 Å². The van der Waals surface area contributed by atoms with Crippen LogP contribution >= 0.6 is 0 Å². The Bertz CT molecular complexity index is 1440. The quantitative estimate of drug-likeness (QED) is 0.362. The molecule has 1 saturated heterocycles. The highest BCUT2D eigenvalue weighted by atomic mass is 32.2. The maximum Gasteiger partial charge on any atom is 0.303 e. The number of hydrogen-bond acceptors (Lipinski definition) is 6. The van der Waals surface area contributed by atoms with Crippen molar-refractivity contribution in [1.82, 2.24) is 9.62 Å². The minimum Gasteiger partial charge on any atom is -0.487 e. The summed E-state index contributed by atoms with van der Waals surface area (Å²) in [7, 11) is -3.68. The monoisotopic (exact) mass is 564 g/mol. The molecule has 1 N–H and O–H groups in total. The number of esters is 1. The van der Waals surface area contributed by atoms with Gasteiger partial charge in [0.1, 0.15) is 17.5 Å². The summed E-state index contributed by atoms with van der Waals surface area (Å²) in [6.45, 7) is 11.2. The predicted octanol–water partition coefficient (Wildman–Crippen LogP) is 4.28. The maximum atomic E-state index is 13.7. The molecule has 2 aromatic rings. The molecule has 0 amide bonds. The molecule has 2 fully saturated rings. The van der Waals surface area contributed by atoms with Crippen LogP contribution in [0, 0.1) is 5.92 Å². The first-order valence-corrected chi connectivity index (χ1v) is 16.2. The molecular formula is C32H40N2O5S. The van der Waals surface area contributed by atoms with Crippen molar-refractivity contribution >= 4 is 16.0 Å². The number of hydrogen-bond donors (Lipinski definition) is 1. The number of piperidine rings is 1. The van der Waals surface area contributed by atoms with Crippen molar-refractivity contribution in [3.8, 4) is 5.75 Å². The highest BCUT2D eigenvalue weighted by Gasteiger charge is 2.75. The molecule has 8 heteroatoms. The summed E-state index contributed by atoms with van der Waals surface area (Å²) in [5, 5.41) is 0. The lowest BCUT2D eigenvalue weighted by atomic mass is 9.48. The van der Waals surface area contributed by atoms with Crippen LogP contribution in [-0.4, -0.2) is 56.2 Å². The van der Waals surface area contributed by atoms with Crippen molar-refractivity contribution in [2.24, 2.45) is 5.92 Å². The number of nitrogens with zero attached hydrogens (tertiary/aromatic N) is 1. The van der Waals surface area contributed by atoms with Gasteiger partial charge in [-0.05, 0) is 60.8 Å². The van der Waals surface area contributed by atoms with Gasteiger partial charge < -0.3 is 9.47 Å². The summed E-state index contributed by atoms with van der Waals surface area (Å²) in [6.07, 6.45) is 4.83. The minimum atomic E-state index is -3.68. The van der Waals surface area contributed by atoms with Gasteiger partial charge in [-0.3, -0.25) is 9.69 Å². The standard InChI is InChI=1S/C32H40N2O5S/c1-5-16-34-17-15-31-29-24-11-8-12-27(29)38-30(31)26(13-14-32(31,28(34)19-24)39-22(4)35)33-40(36,37)20-25-10-7-6-9-23(25)18-21(2)3/h5-12,21,26,28,30,33H,1,13-20H2,2-4H3/t26-,28+,30-,31-,32+/m0/s1. The van der Waals surface area contributed by atoms with Gasteiger partial charge in [0.05, 0.1) is 23.3 Å². The summed E-state index contributed by atoms with van der Waals surface area (Å²) in [5.41, 5.74) is 2.80. The van der Waals surface area contributed by atoms with Crippen LogP contribution in [0.15, 0.2) is 55.1 Å². The first-order valence-electron chi connectivity index (χ1n) is 14.5. The molecule has 214 valence electrons. The Hall–Kier alpha value is -2.68. The fourth-order valence-corrected chi connectivity index (χ4v) is 9.83. The molecule has 2 aliphatic carbocycles. The molecule has 1 saturated carbocycles. The summed E-state index contributed by atoms with van der Waals surface area (Å²) >= 11 is 0. The zero-order valence-electron chi connectivity index (χ0n) is 23.7. The smallest absolute Gasteiger partial charge is 0.303 e. The van der Waals surface area contributed by atoms with E-state index in [0.29, 0.717) is 25.3 Å². The van der Waals surface area contributed by atoms with E-state index in [9.17, 15) is 13.2 Å². The molecule has 6 rings (SSSR count). The fraction of sp³-hybridized carbons (Fsp3) is 0.531. The first-order chi connectivity index (χ1) is 19.1. The van der Waals surface area contributed by atoms with Crippen LogP contribution in [0.2, 0.25) is 0 Å². The number of rotatable bonds is 9. The second-order valence-corrected chi connectivity index (χ2v) is 14.2. The average molecular weight is 565 g/mol. The van der Waals surface area contributed by atoms with E-state index in [1.54, 1.807) is 0 Å². The van der Waals surface area contributed by atoms with Gasteiger partial charge in [-0.1, -0.05) is 56.3 Å². The second kappa shape index (κ2) is 10.00. The Morgan fingerprint density at radius 2 is 1.98 bits per heavy atom. The van der Waals surface area contributed by atoms with Crippen LogP contribution in [-0.2, 0) is 43.6 Å². The van der Waals surface area contributed by atoms with Gasteiger partial charge in [0, 0.05) is 25.6 Å². The minimum absolute atomic E-state index is 0.0319. The molecule has 5 atom stereocenters. The van der Waals surface area contributed by atoms with E-state index in [2.05, 4.69) is 36.1 Å². The fourth-order valence-electron chi connectivity index (χ4n) is 8.35. The van der Waals surface area contributed by atoms with E-state index in [-0.39, 0.29) is 17.8 Å². The third-order valence-corrected chi connectivity index (χ3v) is 10.9. The van der Waals surface area contributed by atoms with Crippen LogP contribution in [0.25, 0.3) is 0 Å². The first kappa shape index (κ1) is 27.5. The van der Waals surface area contributed by atoms with Gasteiger partial charge in [0.25, 0.3) is 0 Å². The normalized spacial score (nSPS) is 30.4. The molecule has 4 aliphatic rings. The van der Waals surface area contributed by atoms with Crippen molar-refractivity contribution in [1.29, 1.82) is 0 Å². The molecule has 2 heterocycles. The van der Waals surface area contributed by atoms with E-state index in [0.717, 1.165) is 48.2 Å². The van der Waals surface area contributed by atoms with Crippen molar-refractivity contribution in [3.05, 3.63) is 77.4 Å². The predicted molar refractivity (Wildman–Crippen MR) is 155 cm³/mol. The molecule has 0 unspecified atom stereocenters. The van der Waals surface area contributed by atoms with Gasteiger partial charge in [-0.15, -0.1) is 6.58 Å². The molecule has 2 aromatic carbocycles. The van der Waals surface area contributed by atoms with E-state index < -0.39 is 33.2 Å². The summed E-state index contributed by atoms with van der Waals surface area (Å²) < 4.78 is 43.7. The van der Waals surface area contributed by atoms with Gasteiger partial charge in [-0.25, -0.2) is 13.1 Å². The van der Waals surface area contributed by atoms with Gasteiger partial charge >= 0.3 is 5.97 Å². The second-order valence-electron chi connectivity index (χ2n) is 12.4. The molecule has 7 nitrogen and oxygen atoms in total. The van der Waals surface area contributed by atoms with Gasteiger partial charge in [0.15, 0.2) is 0 Å². The Morgan fingerprint density at radius 3 is 2.70 bits per heavy atom. The van der Waals surface area contributed by atoms with Gasteiger partial charge in [-0.2, -0.15) is 0 Å². The number of sulfonamides is 1. The lowest BCUT2D eigenvalue weighted by molar-refractivity contribution is -0.217. The van der Waals surface area contributed by atoms with Crippen LogP contribution in [0.3, 0.4) is 0 Å². The zero-order valence-corrected chi connectivity index (χ0v) is 24.5. The van der Waals surface area contributed by atoms with Crippen LogP contribution in [0.5, 0.6) is 5.75 Å². The van der Waals surface area contributed by atoms with Crippen molar-refractivity contribution in [2.45, 2.75) is 87.8 Å². The van der Waals surface area contributed by atoms with Crippen molar-refractivity contribution < 1.29 is 22.7 Å². The molecule has 0 aromatic heterocycles. The lowest BCUT2D eigenvalue weighted by Crippen LogP contribution is -2.79. The zero-order chi connectivity index (χ0) is 28.3. The maximum absolute atomic E-state index is 13.7. The molecule has 2 aliphatic heterocycles. The van der Waals surface area contributed by atoms with Crippen LogP contribution in [0.1, 0.15) is 62.3 Å². The number of nitrogens with one attached hydrogen (secondary N) is 1. The Balaban J connectivity index is 1.38. The number of carbonyl (C=O) groups is 1. The van der Waals surface area contributed by atoms with Gasteiger partial charge in [0.2, 0.25) is 10.0 Å². The SMILES string of the molecule is C=CCN1CC[C@]23c4c5cccc4O[C@H]2[C@@H](NS(=O)(=O)Cc2ccccc2CC(C)C)CC[C@@]3(OC(C)=O)[C@H]1C5. The number of carbonyl (C=O) groups excluding carboxylic acids is 1. The summed E-state index contributed by atoms with van der Waals surface area (Å²) in [4.78, 5) is 15.1. The third-order valence-electron chi connectivity index (χ3n) is 9.54. The third kappa shape index (κ3) is 4.22. The Kier molecular flexibility index (Phi) is 6.87. The highest BCUT2D eigenvalue weighted by molar-refractivity contribution is 7.88. The lowest BCUT2D eigenvalue weighted by Gasteiger charge is -2.65. The number of likely N-dealkylation sites (tertiary alicyclic amines) is 1. The largest absolute Gasteiger partial charge is 0.487 e. The molecule has 1 spiro atoms. The average Bonchev–Trinajstić information content (AvgIpc) is 3.23. The van der Waals surface area contributed by atoms with Crippen LogP contribution < -0.4 is 9.46 Å². The summed E-state index contributed by atoms with van der Waals surface area (Å²) in [6, 6.07) is 13.5. The Morgan fingerprint density at radius 1 is 1.20 bits per heavy atom. The van der Waals surface area contributed by atoms with Crippen molar-refractivity contribution in [3.63, 3.8) is 0 Å². The van der Waals surface area contributed by atoms with E-state index in [1.165, 1.54) is 12.5 Å².